The van der Waals surface area contributed by atoms with Gasteiger partial charge in [-0.15, -0.1) is 0 Å². The van der Waals surface area contributed by atoms with E-state index in [4.69, 9.17) is 5.73 Å². The Bertz CT molecular complexity index is 580. The summed E-state index contributed by atoms with van der Waals surface area (Å²) in [4.78, 5) is 0. The first-order chi connectivity index (χ1) is 8.52. The van der Waals surface area contributed by atoms with Crippen LogP contribution in [0.2, 0.25) is 0 Å². The number of nitrogens with zero attached hydrogens (tertiary/aromatic N) is 2. The molecule has 1 aromatic heterocycles. The summed E-state index contributed by atoms with van der Waals surface area (Å²) in [5.41, 5.74) is 8.58. The van der Waals surface area contributed by atoms with Crippen LogP contribution in [0.15, 0.2) is 22.7 Å². The molecule has 0 bridgehead atoms. The van der Waals surface area contributed by atoms with Crippen LogP contribution in [0.25, 0.3) is 0 Å². The van der Waals surface area contributed by atoms with Crippen LogP contribution >= 0.6 is 38.5 Å². The Morgan fingerprint density at radius 2 is 2.22 bits per heavy atom. The van der Waals surface area contributed by atoms with Gasteiger partial charge in [-0.1, -0.05) is 0 Å². The fraction of sp³-hybridized carbons (Fsp3) is 0.250. The van der Waals surface area contributed by atoms with Gasteiger partial charge in [-0.2, -0.15) is 5.10 Å². The van der Waals surface area contributed by atoms with Crippen molar-refractivity contribution in [2.75, 3.05) is 11.1 Å². The monoisotopic (exact) mass is 420 g/mol. The van der Waals surface area contributed by atoms with Crippen molar-refractivity contribution in [3.63, 3.8) is 0 Å². The molecule has 0 spiro atoms. The summed E-state index contributed by atoms with van der Waals surface area (Å²) in [7, 11) is 0. The predicted molar refractivity (Wildman–Crippen MR) is 87.2 cm³/mol. The molecule has 0 aliphatic rings. The maximum absolute atomic E-state index is 6.04. The normalized spacial score (nSPS) is 10.7. The second kappa shape index (κ2) is 5.48. The fourth-order valence-electron chi connectivity index (χ4n) is 1.67. The van der Waals surface area contributed by atoms with Crippen LogP contribution in [0.1, 0.15) is 12.6 Å². The molecule has 96 valence electrons. The van der Waals surface area contributed by atoms with Crippen molar-refractivity contribution in [2.45, 2.75) is 20.4 Å². The van der Waals surface area contributed by atoms with E-state index in [2.05, 4.69) is 48.9 Å². The van der Waals surface area contributed by atoms with Crippen molar-refractivity contribution in [3.05, 3.63) is 31.9 Å². The number of hydrogen-bond donors (Lipinski definition) is 2. The summed E-state index contributed by atoms with van der Waals surface area (Å²) in [6, 6.07) is 6.10. The molecule has 0 aliphatic carbocycles. The van der Waals surface area contributed by atoms with Crippen molar-refractivity contribution in [1.29, 1.82) is 0 Å². The Balaban J connectivity index is 2.36. The molecule has 1 aromatic carbocycles. The Morgan fingerprint density at radius 1 is 1.50 bits per heavy atom. The van der Waals surface area contributed by atoms with Gasteiger partial charge in [0.1, 0.15) is 0 Å². The predicted octanol–water partition coefficient (Wildman–Crippen LogP) is 3.90. The van der Waals surface area contributed by atoms with Crippen LogP contribution in [0, 0.1) is 10.5 Å². The summed E-state index contributed by atoms with van der Waals surface area (Å²) in [5, 5.41) is 7.70. The molecule has 18 heavy (non-hydrogen) atoms. The zero-order valence-electron chi connectivity index (χ0n) is 10.2. The number of nitrogen functional groups attached to an aromatic ring is 1. The van der Waals surface area contributed by atoms with E-state index >= 15 is 0 Å². The van der Waals surface area contributed by atoms with Gasteiger partial charge >= 0.3 is 0 Å². The number of anilines is 3. The van der Waals surface area contributed by atoms with E-state index < -0.39 is 0 Å². The molecule has 3 N–H and O–H groups in total. The van der Waals surface area contributed by atoms with Gasteiger partial charge in [0.05, 0.1) is 11.4 Å². The van der Waals surface area contributed by atoms with E-state index in [1.807, 2.05) is 36.7 Å². The zero-order chi connectivity index (χ0) is 13.3. The molecule has 0 saturated heterocycles. The highest BCUT2D eigenvalue weighted by Crippen LogP contribution is 2.29. The Morgan fingerprint density at radius 3 is 2.83 bits per heavy atom. The summed E-state index contributed by atoms with van der Waals surface area (Å²) in [6.45, 7) is 4.74. The number of aromatic nitrogens is 2. The number of aryl methyl sites for hydroxylation is 2. The van der Waals surface area contributed by atoms with Crippen LogP contribution in [-0.4, -0.2) is 9.78 Å². The highest BCUT2D eigenvalue weighted by Gasteiger charge is 2.11. The highest BCUT2D eigenvalue weighted by molar-refractivity contribution is 14.1. The van der Waals surface area contributed by atoms with Gasteiger partial charge < -0.3 is 11.1 Å². The average molecular weight is 421 g/mol. The molecule has 0 aliphatic heterocycles. The van der Waals surface area contributed by atoms with E-state index in [9.17, 15) is 0 Å². The van der Waals surface area contributed by atoms with Crippen LogP contribution in [0.3, 0.4) is 0 Å². The average Bonchev–Trinajstić information content (AvgIpc) is 2.61. The van der Waals surface area contributed by atoms with Crippen molar-refractivity contribution < 1.29 is 0 Å². The van der Waals surface area contributed by atoms with Gasteiger partial charge in [-0.3, -0.25) is 0 Å². The number of halogens is 2. The van der Waals surface area contributed by atoms with Crippen molar-refractivity contribution in [1.82, 2.24) is 9.78 Å². The maximum atomic E-state index is 6.04. The topological polar surface area (TPSA) is 55.9 Å². The van der Waals surface area contributed by atoms with Crippen molar-refractivity contribution >= 4 is 55.7 Å². The summed E-state index contributed by atoms with van der Waals surface area (Å²) in [6.07, 6.45) is 0. The highest BCUT2D eigenvalue weighted by atomic mass is 127. The number of nitrogens with two attached hydrogens (primary N) is 1. The number of rotatable bonds is 3. The lowest BCUT2D eigenvalue weighted by Gasteiger charge is -2.10. The van der Waals surface area contributed by atoms with E-state index in [1.165, 1.54) is 3.57 Å². The van der Waals surface area contributed by atoms with Gasteiger partial charge in [0, 0.05) is 20.3 Å². The van der Waals surface area contributed by atoms with Crippen molar-refractivity contribution in [2.24, 2.45) is 0 Å². The molecule has 0 unspecified atom stereocenters. The van der Waals surface area contributed by atoms with E-state index in [0.29, 0.717) is 5.69 Å². The van der Waals surface area contributed by atoms with Gasteiger partial charge in [-0.05, 0) is 70.6 Å². The minimum Gasteiger partial charge on any atom is -0.394 e. The molecule has 0 amide bonds. The van der Waals surface area contributed by atoms with E-state index in [-0.39, 0.29) is 0 Å². The lowest BCUT2D eigenvalue weighted by Crippen LogP contribution is -2.04. The third kappa shape index (κ3) is 2.64. The number of nitrogens with one attached hydrogen (secondary N) is 1. The Kier molecular flexibility index (Phi) is 4.16. The van der Waals surface area contributed by atoms with Crippen LogP contribution in [0.4, 0.5) is 17.2 Å². The second-order valence-corrected chi connectivity index (χ2v) is 5.93. The quantitative estimate of drug-likeness (QED) is 0.740. The molecule has 2 rings (SSSR count). The molecule has 4 nitrogen and oxygen atoms in total. The third-order valence-corrected chi connectivity index (χ3v) is 4.99. The number of hydrogen-bond acceptors (Lipinski definition) is 3. The van der Waals surface area contributed by atoms with Gasteiger partial charge in [0.25, 0.3) is 0 Å². The lowest BCUT2D eigenvalue weighted by molar-refractivity contribution is 0.661. The third-order valence-electron chi connectivity index (χ3n) is 2.66. The first-order valence-corrected chi connectivity index (χ1v) is 7.45. The zero-order valence-corrected chi connectivity index (χ0v) is 13.9. The van der Waals surface area contributed by atoms with Crippen LogP contribution in [0.5, 0.6) is 0 Å². The lowest BCUT2D eigenvalue weighted by atomic mass is 10.3. The molecule has 0 fully saturated rings. The minimum atomic E-state index is 0.700. The number of benzene rings is 1. The van der Waals surface area contributed by atoms with Gasteiger partial charge in [0.2, 0.25) is 0 Å². The first-order valence-electron chi connectivity index (χ1n) is 5.58. The molecular formula is C12H14BrIN4. The van der Waals surface area contributed by atoms with Crippen LogP contribution < -0.4 is 11.1 Å². The minimum absolute atomic E-state index is 0.700. The largest absolute Gasteiger partial charge is 0.394 e. The Hall–Kier alpha value is -0.760. The fourth-order valence-corrected chi connectivity index (χ4v) is 2.38. The summed E-state index contributed by atoms with van der Waals surface area (Å²) >= 11 is 5.80. The van der Waals surface area contributed by atoms with E-state index in [0.717, 1.165) is 28.2 Å². The van der Waals surface area contributed by atoms with Gasteiger partial charge in [0.15, 0.2) is 5.82 Å². The smallest absolute Gasteiger partial charge is 0.152 e. The van der Waals surface area contributed by atoms with Crippen molar-refractivity contribution in [3.8, 4) is 0 Å². The van der Waals surface area contributed by atoms with Gasteiger partial charge in [-0.25, -0.2) is 4.68 Å². The summed E-state index contributed by atoms with van der Waals surface area (Å²) in [5.74, 6) is 0.850. The first kappa shape index (κ1) is 13.7. The van der Waals surface area contributed by atoms with E-state index in [1.54, 1.807) is 0 Å². The molecule has 0 atom stereocenters. The second-order valence-electron chi connectivity index (χ2n) is 3.92. The molecular weight excluding hydrogens is 407 g/mol. The molecule has 6 heteroatoms. The molecule has 0 radical (unpaired) electrons. The molecule has 2 aromatic rings. The summed E-state index contributed by atoms with van der Waals surface area (Å²) < 4.78 is 4.11. The maximum Gasteiger partial charge on any atom is 0.152 e. The van der Waals surface area contributed by atoms with Crippen LogP contribution in [-0.2, 0) is 6.54 Å². The molecule has 0 saturated carbocycles. The SMILES string of the molecule is CCn1nc(C)c(N)c1Nc1ccc(I)c(Br)c1. The Labute approximate surface area is 128 Å². The molecule has 1 heterocycles. The standard InChI is InChI=1S/C12H14BrIN4/c1-3-18-12(11(15)7(2)17-18)16-8-4-5-10(14)9(13)6-8/h4-6,16H,3,15H2,1-2H3.